The molecule has 0 saturated carbocycles. The number of carbonyl (C=O) groups excluding carboxylic acids is 1. The van der Waals surface area contributed by atoms with Gasteiger partial charge in [0.2, 0.25) is 0 Å². The Morgan fingerprint density at radius 1 is 1.59 bits per heavy atom. The molecule has 0 saturated heterocycles. The molecule has 1 aromatic rings. The topological polar surface area (TPSA) is 52.3 Å². The minimum Gasteiger partial charge on any atom is -0.465 e. The third kappa shape index (κ3) is 5.19. The lowest BCUT2D eigenvalue weighted by molar-refractivity contribution is -0.144. The lowest BCUT2D eigenvalue weighted by Gasteiger charge is -2.09. The van der Waals surface area contributed by atoms with Gasteiger partial charge in [-0.2, -0.15) is 0 Å². The Labute approximate surface area is 105 Å². The van der Waals surface area contributed by atoms with Gasteiger partial charge in [-0.05, 0) is 31.5 Å². The number of halogens is 1. The molecule has 0 spiro atoms. The summed E-state index contributed by atoms with van der Waals surface area (Å²) in [5, 5.41) is 0. The Balaban J connectivity index is 2.30. The largest absolute Gasteiger partial charge is 0.465 e. The van der Waals surface area contributed by atoms with Crippen LogP contribution in [0.4, 0.5) is 4.39 Å². The summed E-state index contributed by atoms with van der Waals surface area (Å²) >= 11 is 1.47. The van der Waals surface area contributed by atoms with Gasteiger partial charge in [0.15, 0.2) is 0 Å². The number of hydrogen-bond acceptors (Lipinski definition) is 4. The molecule has 0 aliphatic rings. The van der Waals surface area contributed by atoms with Crippen LogP contribution in [0.3, 0.4) is 0 Å². The number of benzene rings is 1. The van der Waals surface area contributed by atoms with Gasteiger partial charge in [-0.25, -0.2) is 4.39 Å². The quantitative estimate of drug-likeness (QED) is 0.627. The molecule has 1 rings (SSSR count). The lowest BCUT2D eigenvalue weighted by Crippen LogP contribution is -2.32. The third-order valence-corrected chi connectivity index (χ3v) is 3.11. The van der Waals surface area contributed by atoms with Crippen LogP contribution in [0.5, 0.6) is 0 Å². The average molecular weight is 257 g/mol. The van der Waals surface area contributed by atoms with E-state index in [0.717, 1.165) is 4.90 Å². The van der Waals surface area contributed by atoms with Crippen molar-refractivity contribution in [1.29, 1.82) is 0 Å². The molecule has 0 aliphatic heterocycles. The first-order valence-electron chi connectivity index (χ1n) is 5.44. The summed E-state index contributed by atoms with van der Waals surface area (Å²) in [5.41, 5.74) is 5.64. The number of thioether (sulfide) groups is 1. The summed E-state index contributed by atoms with van der Waals surface area (Å²) in [5.74, 6) is 0.0145. The average Bonchev–Trinajstić information content (AvgIpc) is 2.29. The van der Waals surface area contributed by atoms with Gasteiger partial charge in [0, 0.05) is 10.6 Å². The molecule has 0 radical (unpaired) electrons. The molecule has 2 N–H and O–H groups in total. The first kappa shape index (κ1) is 14.0. The molecule has 0 aromatic heterocycles. The van der Waals surface area contributed by atoms with Crippen molar-refractivity contribution in [2.45, 2.75) is 24.3 Å². The van der Waals surface area contributed by atoms with E-state index in [-0.39, 0.29) is 11.8 Å². The Bertz CT molecular complexity index is 373. The fourth-order valence-electron chi connectivity index (χ4n) is 1.23. The Kier molecular flexibility index (Phi) is 6.00. The minimum atomic E-state index is -0.601. The fourth-order valence-corrected chi connectivity index (χ4v) is 2.21. The maximum absolute atomic E-state index is 12.9. The van der Waals surface area contributed by atoms with Gasteiger partial charge < -0.3 is 10.5 Å². The van der Waals surface area contributed by atoms with Crippen LogP contribution in [0.15, 0.2) is 29.2 Å². The zero-order chi connectivity index (χ0) is 12.7. The van der Waals surface area contributed by atoms with E-state index < -0.39 is 6.04 Å². The van der Waals surface area contributed by atoms with E-state index in [0.29, 0.717) is 18.8 Å². The van der Waals surface area contributed by atoms with Crippen molar-refractivity contribution >= 4 is 17.7 Å². The van der Waals surface area contributed by atoms with Gasteiger partial charge in [0.1, 0.15) is 11.9 Å². The summed E-state index contributed by atoms with van der Waals surface area (Å²) in [6.07, 6.45) is 0.514. The fraction of sp³-hybridized carbons (Fsp3) is 0.417. The van der Waals surface area contributed by atoms with E-state index >= 15 is 0 Å². The molecule has 1 atom stereocenters. The van der Waals surface area contributed by atoms with Crippen LogP contribution in [-0.4, -0.2) is 24.4 Å². The van der Waals surface area contributed by atoms with E-state index in [1.807, 2.05) is 6.07 Å². The Morgan fingerprint density at radius 3 is 3.00 bits per heavy atom. The molecule has 17 heavy (non-hydrogen) atoms. The molecular weight excluding hydrogens is 241 g/mol. The second kappa shape index (κ2) is 7.29. The standard InChI is InChI=1S/C12H16FNO2S/c1-2-16-12(15)11(14)6-7-17-10-5-3-4-9(13)8-10/h3-5,8,11H,2,6-7,14H2,1H3. The van der Waals surface area contributed by atoms with E-state index in [9.17, 15) is 9.18 Å². The predicted octanol–water partition coefficient (Wildman–Crippen LogP) is 2.20. The van der Waals surface area contributed by atoms with Crippen LogP contribution < -0.4 is 5.73 Å². The van der Waals surface area contributed by atoms with E-state index in [1.165, 1.54) is 23.9 Å². The lowest BCUT2D eigenvalue weighted by atomic mass is 10.2. The summed E-state index contributed by atoms with van der Waals surface area (Å²) in [4.78, 5) is 12.1. The molecule has 0 aliphatic carbocycles. The molecule has 3 nitrogen and oxygen atoms in total. The normalized spacial score (nSPS) is 12.2. The van der Waals surface area contributed by atoms with Crippen LogP contribution in [0.25, 0.3) is 0 Å². The molecule has 0 amide bonds. The van der Waals surface area contributed by atoms with Crippen molar-refractivity contribution in [3.05, 3.63) is 30.1 Å². The zero-order valence-electron chi connectivity index (χ0n) is 9.69. The van der Waals surface area contributed by atoms with Gasteiger partial charge >= 0.3 is 5.97 Å². The van der Waals surface area contributed by atoms with Crippen molar-refractivity contribution in [1.82, 2.24) is 0 Å². The highest BCUT2D eigenvalue weighted by atomic mass is 32.2. The highest BCUT2D eigenvalue weighted by Crippen LogP contribution is 2.19. The molecule has 5 heteroatoms. The minimum absolute atomic E-state index is 0.260. The Morgan fingerprint density at radius 2 is 2.35 bits per heavy atom. The van der Waals surface area contributed by atoms with Gasteiger partial charge in [0.25, 0.3) is 0 Å². The van der Waals surface area contributed by atoms with Gasteiger partial charge in [0.05, 0.1) is 6.61 Å². The highest BCUT2D eigenvalue weighted by Gasteiger charge is 2.13. The van der Waals surface area contributed by atoms with E-state index in [4.69, 9.17) is 10.5 Å². The molecule has 94 valence electrons. The smallest absolute Gasteiger partial charge is 0.322 e. The molecule has 0 heterocycles. The number of ether oxygens (including phenoxy) is 1. The van der Waals surface area contributed by atoms with Crippen molar-refractivity contribution < 1.29 is 13.9 Å². The summed E-state index contributed by atoms with van der Waals surface area (Å²) in [6.45, 7) is 2.08. The molecule has 0 fully saturated rings. The third-order valence-electron chi connectivity index (χ3n) is 2.08. The monoisotopic (exact) mass is 257 g/mol. The number of esters is 1. The molecule has 1 aromatic carbocycles. The van der Waals surface area contributed by atoms with Crippen LogP contribution >= 0.6 is 11.8 Å². The van der Waals surface area contributed by atoms with Gasteiger partial charge in [-0.3, -0.25) is 4.79 Å². The number of hydrogen-bond donors (Lipinski definition) is 1. The van der Waals surface area contributed by atoms with Crippen LogP contribution in [0.1, 0.15) is 13.3 Å². The SMILES string of the molecule is CCOC(=O)C(N)CCSc1cccc(F)c1. The zero-order valence-corrected chi connectivity index (χ0v) is 10.5. The number of rotatable bonds is 6. The van der Waals surface area contributed by atoms with Crippen LogP contribution in [-0.2, 0) is 9.53 Å². The van der Waals surface area contributed by atoms with Gasteiger partial charge in [-0.1, -0.05) is 6.07 Å². The maximum atomic E-state index is 12.9. The van der Waals surface area contributed by atoms with Crippen molar-refractivity contribution in [3.63, 3.8) is 0 Å². The molecule has 0 bridgehead atoms. The first-order chi connectivity index (χ1) is 8.13. The van der Waals surface area contributed by atoms with Crippen molar-refractivity contribution in [2.24, 2.45) is 5.73 Å². The highest BCUT2D eigenvalue weighted by molar-refractivity contribution is 7.99. The van der Waals surface area contributed by atoms with Crippen LogP contribution in [0.2, 0.25) is 0 Å². The summed E-state index contributed by atoms with van der Waals surface area (Å²) < 4.78 is 17.7. The number of carbonyl (C=O) groups is 1. The first-order valence-corrected chi connectivity index (χ1v) is 6.42. The van der Waals surface area contributed by atoms with E-state index in [2.05, 4.69) is 0 Å². The summed E-state index contributed by atoms with van der Waals surface area (Å²) in [7, 11) is 0. The molecular formula is C12H16FNO2S. The van der Waals surface area contributed by atoms with Gasteiger partial charge in [-0.15, -0.1) is 11.8 Å². The Hall–Kier alpha value is -1.07. The maximum Gasteiger partial charge on any atom is 0.322 e. The molecule has 1 unspecified atom stereocenters. The second-order valence-corrected chi connectivity index (χ2v) is 4.62. The number of nitrogens with two attached hydrogens (primary N) is 1. The van der Waals surface area contributed by atoms with Crippen LogP contribution in [0, 0.1) is 5.82 Å². The predicted molar refractivity (Wildman–Crippen MR) is 66.3 cm³/mol. The van der Waals surface area contributed by atoms with E-state index in [1.54, 1.807) is 13.0 Å². The second-order valence-electron chi connectivity index (χ2n) is 3.45. The summed E-state index contributed by atoms with van der Waals surface area (Å²) in [6, 6.07) is 5.73. The van der Waals surface area contributed by atoms with Crippen molar-refractivity contribution in [2.75, 3.05) is 12.4 Å². The van der Waals surface area contributed by atoms with Crippen molar-refractivity contribution in [3.8, 4) is 0 Å².